The second kappa shape index (κ2) is 5.61. The molecule has 1 aromatic rings. The first-order chi connectivity index (χ1) is 7.63. The van der Waals surface area contributed by atoms with Crippen LogP contribution in [-0.2, 0) is 10.1 Å². The van der Waals surface area contributed by atoms with Gasteiger partial charge in [0.05, 0.1) is 17.7 Å². The summed E-state index contributed by atoms with van der Waals surface area (Å²) in [5.41, 5.74) is 0.527. The second-order valence-corrected chi connectivity index (χ2v) is 3.52. The lowest BCUT2D eigenvalue weighted by Gasteiger charge is -2.07. The second-order valence-electron chi connectivity index (χ2n) is 2.96. The third-order valence-electron chi connectivity index (χ3n) is 1.95. The van der Waals surface area contributed by atoms with Gasteiger partial charge in [-0.25, -0.2) is 9.18 Å². The normalized spacial score (nSPS) is 9.62. The average Bonchev–Trinajstić information content (AvgIpc) is 2.28. The average molecular weight is 286 g/mol. The summed E-state index contributed by atoms with van der Waals surface area (Å²) in [6.45, 7) is 1.92. The summed E-state index contributed by atoms with van der Waals surface area (Å²) in [7, 11) is 0. The Labute approximate surface area is 101 Å². The Hall–Kier alpha value is -1.41. The molecule has 0 bridgehead atoms. The number of rotatable bonds is 3. The van der Waals surface area contributed by atoms with Crippen molar-refractivity contribution in [1.82, 2.24) is 0 Å². The number of nitrogens with zero attached hydrogens (tertiary/aromatic N) is 1. The first-order valence-electron chi connectivity index (χ1n) is 4.59. The highest BCUT2D eigenvalue weighted by atomic mass is 79.9. The van der Waals surface area contributed by atoms with Crippen LogP contribution in [-0.4, -0.2) is 12.6 Å². The van der Waals surface area contributed by atoms with Gasteiger partial charge in [-0.15, -0.1) is 0 Å². The summed E-state index contributed by atoms with van der Waals surface area (Å²) in [6.07, 6.45) is 0. The number of carbonyl (C=O) groups excluding carboxylic acids is 1. The van der Waals surface area contributed by atoms with Crippen LogP contribution in [0, 0.1) is 17.1 Å². The largest absolute Gasteiger partial charge is 0.462 e. The first-order valence-corrected chi connectivity index (χ1v) is 5.71. The maximum atomic E-state index is 13.3. The van der Waals surface area contributed by atoms with Crippen molar-refractivity contribution in [3.63, 3.8) is 0 Å². The highest BCUT2D eigenvalue weighted by Crippen LogP contribution is 2.19. The zero-order valence-electron chi connectivity index (χ0n) is 8.59. The van der Waals surface area contributed by atoms with Crippen LogP contribution in [0.3, 0.4) is 0 Å². The molecule has 0 aliphatic rings. The summed E-state index contributed by atoms with van der Waals surface area (Å²) in [5.74, 6) is -1.18. The number of hydrogen-bond acceptors (Lipinski definition) is 3. The van der Waals surface area contributed by atoms with E-state index in [1.54, 1.807) is 13.0 Å². The van der Waals surface area contributed by atoms with E-state index in [9.17, 15) is 9.18 Å². The van der Waals surface area contributed by atoms with Gasteiger partial charge < -0.3 is 4.74 Å². The molecule has 16 heavy (non-hydrogen) atoms. The van der Waals surface area contributed by atoms with Crippen LogP contribution >= 0.6 is 15.9 Å². The fraction of sp³-hybridized carbons (Fsp3) is 0.273. The molecule has 84 valence electrons. The molecule has 1 aromatic carbocycles. The summed E-state index contributed by atoms with van der Waals surface area (Å²) in [5, 5.41) is 8.99. The molecular formula is C11H9BrFNO2. The highest BCUT2D eigenvalue weighted by molar-refractivity contribution is 9.08. The van der Waals surface area contributed by atoms with Gasteiger partial charge in [0.1, 0.15) is 11.9 Å². The fourth-order valence-corrected chi connectivity index (χ4v) is 1.67. The van der Waals surface area contributed by atoms with Crippen molar-refractivity contribution < 1.29 is 13.9 Å². The lowest BCUT2D eigenvalue weighted by atomic mass is 10.1. The topological polar surface area (TPSA) is 50.1 Å². The standard InChI is InChI=1S/C11H9BrFNO2/c1-2-16-11(15)9-3-8(6-14)10(13)4-7(9)5-12/h3-4H,2,5H2,1H3. The van der Waals surface area contributed by atoms with Crippen LogP contribution in [0.1, 0.15) is 28.4 Å². The number of alkyl halides is 1. The smallest absolute Gasteiger partial charge is 0.338 e. The first kappa shape index (κ1) is 12.7. The molecule has 3 nitrogen and oxygen atoms in total. The molecule has 1 rings (SSSR count). The zero-order valence-corrected chi connectivity index (χ0v) is 10.2. The molecule has 0 radical (unpaired) electrons. The Morgan fingerprint density at radius 3 is 2.81 bits per heavy atom. The van der Waals surface area contributed by atoms with Crippen molar-refractivity contribution in [2.45, 2.75) is 12.3 Å². The molecule has 0 fully saturated rings. The van der Waals surface area contributed by atoms with E-state index in [-0.39, 0.29) is 17.7 Å². The lowest BCUT2D eigenvalue weighted by Crippen LogP contribution is -2.08. The number of nitriles is 1. The van der Waals surface area contributed by atoms with E-state index < -0.39 is 11.8 Å². The van der Waals surface area contributed by atoms with Crippen molar-refractivity contribution >= 4 is 21.9 Å². The quantitative estimate of drug-likeness (QED) is 0.634. The zero-order chi connectivity index (χ0) is 12.1. The van der Waals surface area contributed by atoms with E-state index in [1.807, 2.05) is 0 Å². The van der Waals surface area contributed by atoms with Gasteiger partial charge in [-0.1, -0.05) is 15.9 Å². The predicted molar refractivity (Wildman–Crippen MR) is 59.7 cm³/mol. The Morgan fingerprint density at radius 1 is 1.62 bits per heavy atom. The van der Waals surface area contributed by atoms with Crippen LogP contribution in [0.5, 0.6) is 0 Å². The summed E-state index contributed by atoms with van der Waals surface area (Å²) < 4.78 is 18.1. The van der Waals surface area contributed by atoms with Gasteiger partial charge in [-0.3, -0.25) is 0 Å². The van der Waals surface area contributed by atoms with Crippen LogP contribution in [0.4, 0.5) is 4.39 Å². The summed E-state index contributed by atoms with van der Waals surface area (Å²) in [4.78, 5) is 11.5. The minimum Gasteiger partial charge on any atom is -0.462 e. The van der Waals surface area contributed by atoms with E-state index in [4.69, 9.17) is 10.00 Å². The molecule has 0 N–H and O–H groups in total. The number of esters is 1. The number of carbonyl (C=O) groups is 1. The molecule has 0 atom stereocenters. The number of ether oxygens (including phenoxy) is 1. The van der Waals surface area contributed by atoms with Crippen molar-refractivity contribution in [1.29, 1.82) is 5.26 Å². The Balaban J connectivity index is 3.26. The Kier molecular flexibility index (Phi) is 4.44. The van der Waals surface area contributed by atoms with Crippen LogP contribution in [0.2, 0.25) is 0 Å². The molecular weight excluding hydrogens is 277 g/mol. The van der Waals surface area contributed by atoms with Gasteiger partial charge in [0.25, 0.3) is 0 Å². The summed E-state index contributed by atoms with van der Waals surface area (Å²) >= 11 is 3.15. The molecule has 0 amide bonds. The Bertz CT molecular complexity index is 454. The molecule has 0 saturated heterocycles. The van der Waals surface area contributed by atoms with Crippen LogP contribution < -0.4 is 0 Å². The van der Waals surface area contributed by atoms with Gasteiger partial charge in [0.2, 0.25) is 0 Å². The fourth-order valence-electron chi connectivity index (χ4n) is 1.21. The van der Waals surface area contributed by atoms with E-state index in [1.165, 1.54) is 12.1 Å². The summed E-state index contributed by atoms with van der Waals surface area (Å²) in [6, 6.07) is 4.06. The van der Waals surface area contributed by atoms with Crippen molar-refractivity contribution in [2.24, 2.45) is 0 Å². The molecule has 0 aliphatic carbocycles. The van der Waals surface area contributed by atoms with Crippen LogP contribution in [0.25, 0.3) is 0 Å². The molecule has 0 spiro atoms. The van der Waals surface area contributed by atoms with Gasteiger partial charge in [-0.05, 0) is 24.6 Å². The molecule has 0 aromatic heterocycles. The van der Waals surface area contributed by atoms with E-state index in [0.29, 0.717) is 10.9 Å². The minimum absolute atomic E-state index is 0.159. The van der Waals surface area contributed by atoms with E-state index in [0.717, 1.165) is 0 Å². The highest BCUT2D eigenvalue weighted by Gasteiger charge is 2.15. The van der Waals surface area contributed by atoms with E-state index in [2.05, 4.69) is 15.9 Å². The number of hydrogen-bond donors (Lipinski definition) is 0. The molecule has 0 saturated carbocycles. The van der Waals surface area contributed by atoms with Crippen LogP contribution in [0.15, 0.2) is 12.1 Å². The lowest BCUT2D eigenvalue weighted by molar-refractivity contribution is 0.0525. The third kappa shape index (κ3) is 2.58. The number of halogens is 2. The maximum absolute atomic E-state index is 13.3. The molecule has 0 aliphatic heterocycles. The molecule has 0 heterocycles. The Morgan fingerprint density at radius 2 is 2.31 bits per heavy atom. The molecule has 5 heteroatoms. The van der Waals surface area contributed by atoms with Crippen molar-refractivity contribution in [2.75, 3.05) is 6.61 Å². The van der Waals surface area contributed by atoms with E-state index >= 15 is 0 Å². The van der Waals surface area contributed by atoms with Crippen molar-refractivity contribution in [3.05, 3.63) is 34.6 Å². The van der Waals surface area contributed by atoms with Gasteiger partial charge in [-0.2, -0.15) is 5.26 Å². The number of benzene rings is 1. The minimum atomic E-state index is -0.634. The van der Waals surface area contributed by atoms with Crippen molar-refractivity contribution in [3.8, 4) is 6.07 Å². The predicted octanol–water partition coefficient (Wildman–Crippen LogP) is 2.77. The third-order valence-corrected chi connectivity index (χ3v) is 2.56. The molecule has 0 unspecified atom stereocenters. The van der Waals surface area contributed by atoms with Gasteiger partial charge in [0.15, 0.2) is 0 Å². The van der Waals surface area contributed by atoms with Gasteiger partial charge >= 0.3 is 5.97 Å². The van der Waals surface area contributed by atoms with Gasteiger partial charge in [0, 0.05) is 5.33 Å². The maximum Gasteiger partial charge on any atom is 0.338 e. The monoisotopic (exact) mass is 285 g/mol. The SMILES string of the molecule is CCOC(=O)c1cc(C#N)c(F)cc1CBr.